The van der Waals surface area contributed by atoms with E-state index in [0.29, 0.717) is 0 Å². The predicted octanol–water partition coefficient (Wildman–Crippen LogP) is 12.9. The van der Waals surface area contributed by atoms with Gasteiger partial charge in [0.25, 0.3) is 0 Å². The molecule has 10 rings (SSSR count). The van der Waals surface area contributed by atoms with E-state index < -0.39 is 0 Å². The Morgan fingerprint density at radius 2 is 0.851 bits per heavy atom. The summed E-state index contributed by atoms with van der Waals surface area (Å²) in [5, 5.41) is 5.24. The molecule has 8 aromatic carbocycles. The molecule has 0 amide bonds. The Balaban J connectivity index is 1.30. The molecule has 0 N–H and O–H groups in total. The van der Waals surface area contributed by atoms with Gasteiger partial charge < -0.3 is 0 Å². The molecule has 47 heavy (non-hydrogen) atoms. The van der Waals surface area contributed by atoms with Crippen LogP contribution in [-0.2, 0) is 5.41 Å². The van der Waals surface area contributed by atoms with E-state index >= 15 is 0 Å². The lowest BCUT2D eigenvalue weighted by molar-refractivity contribution is 0.660. The fourth-order valence-electron chi connectivity index (χ4n) is 8.65. The third-order valence-corrected chi connectivity index (χ3v) is 10.8. The molecule has 0 atom stereocenters. The van der Waals surface area contributed by atoms with Crippen LogP contribution in [0.3, 0.4) is 0 Å². The molecule has 0 saturated carbocycles. The maximum absolute atomic E-state index is 2.49. The zero-order valence-corrected chi connectivity index (χ0v) is 26.5. The maximum Gasteiger partial charge on any atom is 0.0159 e. The van der Waals surface area contributed by atoms with Crippen LogP contribution in [0.1, 0.15) is 25.0 Å². The van der Waals surface area contributed by atoms with Crippen molar-refractivity contribution < 1.29 is 0 Å². The highest BCUT2D eigenvalue weighted by atomic mass is 14.4. The summed E-state index contributed by atoms with van der Waals surface area (Å²) in [5.74, 6) is 0. The first-order valence-corrected chi connectivity index (χ1v) is 16.6. The lowest BCUT2D eigenvalue weighted by Gasteiger charge is -2.24. The zero-order valence-electron chi connectivity index (χ0n) is 26.5. The van der Waals surface area contributed by atoms with Gasteiger partial charge in [-0.3, -0.25) is 0 Å². The highest BCUT2D eigenvalue weighted by Gasteiger charge is 2.36. The molecule has 0 aromatic heterocycles. The molecule has 0 heteroatoms. The fourth-order valence-corrected chi connectivity index (χ4v) is 8.65. The number of rotatable bonds is 3. The summed E-state index contributed by atoms with van der Waals surface area (Å²) in [5.41, 5.74) is 18.5. The molecule has 0 radical (unpaired) electrons. The lowest BCUT2D eigenvalue weighted by Crippen LogP contribution is -2.14. The van der Waals surface area contributed by atoms with Crippen molar-refractivity contribution in [2.75, 3.05) is 0 Å². The Kier molecular flexibility index (Phi) is 5.44. The van der Waals surface area contributed by atoms with Gasteiger partial charge in [-0.2, -0.15) is 0 Å². The second kappa shape index (κ2) is 9.64. The molecule has 8 aromatic rings. The van der Waals surface area contributed by atoms with Gasteiger partial charge >= 0.3 is 0 Å². The minimum absolute atomic E-state index is 0.0651. The van der Waals surface area contributed by atoms with Gasteiger partial charge in [-0.05, 0) is 105 Å². The summed E-state index contributed by atoms with van der Waals surface area (Å²) >= 11 is 0. The van der Waals surface area contributed by atoms with E-state index in [1.807, 2.05) is 0 Å². The third-order valence-electron chi connectivity index (χ3n) is 10.8. The summed E-state index contributed by atoms with van der Waals surface area (Å²) in [6.45, 7) is 4.76. The summed E-state index contributed by atoms with van der Waals surface area (Å²) in [6, 6.07) is 58.8. The van der Waals surface area contributed by atoms with Crippen molar-refractivity contribution in [3.8, 4) is 66.8 Å². The molecule has 0 aliphatic heterocycles. The summed E-state index contributed by atoms with van der Waals surface area (Å²) in [6.07, 6.45) is 0. The monoisotopic (exact) mass is 596 g/mol. The van der Waals surface area contributed by atoms with Crippen LogP contribution in [0.4, 0.5) is 0 Å². The first-order valence-electron chi connectivity index (χ1n) is 16.6. The van der Waals surface area contributed by atoms with E-state index in [4.69, 9.17) is 0 Å². The van der Waals surface area contributed by atoms with Gasteiger partial charge in [-0.25, -0.2) is 0 Å². The molecule has 220 valence electrons. The summed E-state index contributed by atoms with van der Waals surface area (Å²) < 4.78 is 0. The molecule has 2 aliphatic rings. The average Bonchev–Trinajstić information content (AvgIpc) is 3.57. The van der Waals surface area contributed by atoms with Crippen LogP contribution in [0.2, 0.25) is 0 Å². The zero-order chi connectivity index (χ0) is 31.3. The van der Waals surface area contributed by atoms with Crippen LogP contribution in [0.5, 0.6) is 0 Å². The van der Waals surface area contributed by atoms with Gasteiger partial charge in [-0.1, -0.05) is 166 Å². The van der Waals surface area contributed by atoms with Gasteiger partial charge in [0.05, 0.1) is 0 Å². The molecule has 0 saturated heterocycles. The Hall–Kier alpha value is -5.72. The first-order chi connectivity index (χ1) is 23.1. The van der Waals surface area contributed by atoms with Crippen molar-refractivity contribution in [2.45, 2.75) is 19.3 Å². The van der Waals surface area contributed by atoms with E-state index in [9.17, 15) is 0 Å². The van der Waals surface area contributed by atoms with Crippen molar-refractivity contribution in [1.82, 2.24) is 0 Å². The van der Waals surface area contributed by atoms with E-state index in [2.05, 4.69) is 172 Å². The first kappa shape index (κ1) is 26.5. The molecule has 0 bridgehead atoms. The van der Waals surface area contributed by atoms with Crippen LogP contribution >= 0.6 is 0 Å². The standard InChI is InChI=1S/C47H32/c1-47(2)40-21-9-8-16-34(40)35-27-26-33(28-41(35)47)44-37-18-7-6-17-36(37)43(32-24-22-30(23-25-32)29-12-4-3-5-13-29)45-38-19-10-14-31-15-11-20-39(42(31)38)46(44)45/h3-28H,1-2H3. The number of benzene rings is 8. The molecular weight excluding hydrogens is 565 g/mol. The highest BCUT2D eigenvalue weighted by molar-refractivity contribution is 6.27. The topological polar surface area (TPSA) is 0 Å². The van der Waals surface area contributed by atoms with Gasteiger partial charge in [0.15, 0.2) is 0 Å². The molecule has 0 spiro atoms. The maximum atomic E-state index is 2.49. The van der Waals surface area contributed by atoms with Crippen molar-refractivity contribution >= 4 is 21.5 Å². The molecule has 0 heterocycles. The van der Waals surface area contributed by atoms with Gasteiger partial charge in [-0.15, -0.1) is 0 Å². The van der Waals surface area contributed by atoms with Crippen LogP contribution in [0.25, 0.3) is 88.3 Å². The van der Waals surface area contributed by atoms with E-state index in [0.717, 1.165) is 0 Å². The predicted molar refractivity (Wildman–Crippen MR) is 200 cm³/mol. The number of hydrogen-bond donors (Lipinski definition) is 0. The van der Waals surface area contributed by atoms with E-state index in [1.54, 1.807) is 0 Å². The van der Waals surface area contributed by atoms with E-state index in [-0.39, 0.29) is 5.41 Å². The summed E-state index contributed by atoms with van der Waals surface area (Å²) in [4.78, 5) is 0. The van der Waals surface area contributed by atoms with E-state index in [1.165, 1.54) is 99.4 Å². The minimum Gasteiger partial charge on any atom is -0.0622 e. The largest absolute Gasteiger partial charge is 0.0622 e. The van der Waals surface area contributed by atoms with Gasteiger partial charge in [0, 0.05) is 5.41 Å². The molecular formula is C47H32. The van der Waals surface area contributed by atoms with Crippen LogP contribution in [0.15, 0.2) is 158 Å². The fraction of sp³-hybridized carbons (Fsp3) is 0.0638. The quantitative estimate of drug-likeness (QED) is 0.190. The number of hydrogen-bond acceptors (Lipinski definition) is 0. The minimum atomic E-state index is -0.0651. The second-order valence-corrected chi connectivity index (χ2v) is 13.6. The Bertz CT molecular complexity index is 2560. The SMILES string of the molecule is CC1(C)c2ccccc2-c2ccc(-c3c4c(c(-c5ccc(-c6ccccc6)cc5)c5ccccc35)-c3cccc5cccc-4c35)cc21. The third kappa shape index (κ3) is 3.64. The van der Waals surface area contributed by atoms with Crippen molar-refractivity contribution in [1.29, 1.82) is 0 Å². The summed E-state index contributed by atoms with van der Waals surface area (Å²) in [7, 11) is 0. The molecule has 0 nitrogen and oxygen atoms in total. The highest BCUT2D eigenvalue weighted by Crippen LogP contribution is 2.58. The smallest absolute Gasteiger partial charge is 0.0159 e. The second-order valence-electron chi connectivity index (χ2n) is 13.6. The Morgan fingerprint density at radius 3 is 1.55 bits per heavy atom. The van der Waals surface area contributed by atoms with Crippen LogP contribution < -0.4 is 0 Å². The van der Waals surface area contributed by atoms with Crippen LogP contribution in [-0.4, -0.2) is 0 Å². The normalized spacial score (nSPS) is 13.5. The lowest BCUT2D eigenvalue weighted by atomic mass is 9.79. The van der Waals surface area contributed by atoms with Crippen molar-refractivity contribution in [2.24, 2.45) is 0 Å². The Labute approximate surface area is 275 Å². The average molecular weight is 597 g/mol. The number of fused-ring (bicyclic) bond motifs is 7. The van der Waals surface area contributed by atoms with Crippen LogP contribution in [0, 0.1) is 0 Å². The van der Waals surface area contributed by atoms with Gasteiger partial charge in [0.1, 0.15) is 0 Å². The molecule has 0 fully saturated rings. The molecule has 2 aliphatic carbocycles. The van der Waals surface area contributed by atoms with Gasteiger partial charge in [0.2, 0.25) is 0 Å². The Morgan fingerprint density at radius 1 is 0.340 bits per heavy atom. The van der Waals surface area contributed by atoms with Crippen molar-refractivity contribution in [3.05, 3.63) is 169 Å². The van der Waals surface area contributed by atoms with Crippen molar-refractivity contribution in [3.63, 3.8) is 0 Å². The molecule has 0 unspecified atom stereocenters.